The highest BCUT2D eigenvalue weighted by molar-refractivity contribution is 5.58. The van der Waals surface area contributed by atoms with E-state index < -0.39 is 17.9 Å². The normalized spacial score (nSPS) is 23.1. The average molecular weight is 286 g/mol. The smallest absolute Gasteiger partial charge is 0.381 e. The molecular formula is C14H14F4N2. The molecule has 0 radical (unpaired) electrons. The lowest BCUT2D eigenvalue weighted by Gasteiger charge is -2.31. The van der Waals surface area contributed by atoms with Crippen LogP contribution >= 0.6 is 0 Å². The fourth-order valence-corrected chi connectivity index (χ4v) is 2.54. The number of benzene rings is 1. The van der Waals surface area contributed by atoms with Crippen molar-refractivity contribution in [3.05, 3.63) is 29.6 Å². The molecule has 108 valence electrons. The number of nitrogens with zero attached hydrogens (tertiary/aromatic N) is 1. The molecule has 6 heteroatoms. The number of alkyl halides is 3. The molecule has 0 bridgehead atoms. The molecule has 0 aromatic heterocycles. The van der Waals surface area contributed by atoms with E-state index in [2.05, 4.69) is 5.32 Å². The van der Waals surface area contributed by atoms with Gasteiger partial charge in [-0.3, -0.25) is 0 Å². The van der Waals surface area contributed by atoms with Crippen LogP contribution < -0.4 is 5.32 Å². The van der Waals surface area contributed by atoms with Gasteiger partial charge in [0.2, 0.25) is 0 Å². The van der Waals surface area contributed by atoms with E-state index in [-0.39, 0.29) is 24.4 Å². The summed E-state index contributed by atoms with van der Waals surface area (Å²) in [5.74, 6) is -1.87. The summed E-state index contributed by atoms with van der Waals surface area (Å²) in [6, 6.07) is 5.84. The third-order valence-electron chi connectivity index (χ3n) is 3.68. The molecule has 0 unspecified atom stereocenters. The topological polar surface area (TPSA) is 35.8 Å². The highest BCUT2D eigenvalue weighted by atomic mass is 19.4. The van der Waals surface area contributed by atoms with Crippen LogP contribution in [0.25, 0.3) is 0 Å². The van der Waals surface area contributed by atoms with Gasteiger partial charge in [0.05, 0.1) is 11.6 Å². The Hall–Kier alpha value is -1.77. The van der Waals surface area contributed by atoms with Crippen LogP contribution in [0.2, 0.25) is 0 Å². The van der Waals surface area contributed by atoms with Crippen molar-refractivity contribution in [3.8, 4) is 6.07 Å². The Morgan fingerprint density at radius 2 is 1.80 bits per heavy atom. The molecule has 0 amide bonds. The number of nitrogens with one attached hydrogen (secondary N) is 1. The van der Waals surface area contributed by atoms with Crippen LogP contribution in [-0.2, 0) is 0 Å². The number of halogens is 4. The molecule has 0 saturated heterocycles. The van der Waals surface area contributed by atoms with E-state index in [1.54, 1.807) is 12.1 Å². The molecule has 0 heterocycles. The van der Waals surface area contributed by atoms with Gasteiger partial charge in [-0.25, -0.2) is 4.39 Å². The molecule has 1 saturated carbocycles. The summed E-state index contributed by atoms with van der Waals surface area (Å²) >= 11 is 0. The fourth-order valence-electron chi connectivity index (χ4n) is 2.54. The number of rotatable bonds is 2. The monoisotopic (exact) mass is 286 g/mol. The van der Waals surface area contributed by atoms with Crippen LogP contribution in [0.4, 0.5) is 23.2 Å². The van der Waals surface area contributed by atoms with Crippen LogP contribution in [0.5, 0.6) is 0 Å². The first kappa shape index (κ1) is 14.6. The van der Waals surface area contributed by atoms with Crippen LogP contribution in [0.15, 0.2) is 18.2 Å². The Bertz CT molecular complexity index is 511. The Morgan fingerprint density at radius 1 is 1.15 bits per heavy atom. The van der Waals surface area contributed by atoms with Crippen molar-refractivity contribution in [1.82, 2.24) is 0 Å². The van der Waals surface area contributed by atoms with Gasteiger partial charge in [0.15, 0.2) is 0 Å². The SMILES string of the molecule is N#Cc1c(F)cccc1NC1CCC(C(F)(F)F)CC1. The largest absolute Gasteiger partial charge is 0.391 e. The number of anilines is 1. The quantitative estimate of drug-likeness (QED) is 0.826. The van der Waals surface area contributed by atoms with Gasteiger partial charge in [0, 0.05) is 6.04 Å². The minimum absolute atomic E-state index is 0.0678. The molecule has 1 aliphatic carbocycles. The van der Waals surface area contributed by atoms with Crippen LogP contribution in [-0.4, -0.2) is 12.2 Å². The van der Waals surface area contributed by atoms with Crippen molar-refractivity contribution in [1.29, 1.82) is 5.26 Å². The molecule has 0 spiro atoms. The van der Waals surface area contributed by atoms with Crippen LogP contribution in [0.3, 0.4) is 0 Å². The molecule has 1 aromatic carbocycles. The van der Waals surface area contributed by atoms with E-state index in [0.717, 1.165) is 0 Å². The lowest BCUT2D eigenvalue weighted by atomic mass is 9.85. The predicted molar refractivity (Wildman–Crippen MR) is 66.5 cm³/mol. The maximum Gasteiger partial charge on any atom is 0.391 e. The zero-order valence-electron chi connectivity index (χ0n) is 10.7. The number of hydrogen-bond donors (Lipinski definition) is 1. The second-order valence-corrected chi connectivity index (χ2v) is 5.01. The lowest BCUT2D eigenvalue weighted by molar-refractivity contribution is -0.182. The Morgan fingerprint density at radius 3 is 2.35 bits per heavy atom. The van der Waals surface area contributed by atoms with Gasteiger partial charge in [-0.05, 0) is 37.8 Å². The zero-order chi connectivity index (χ0) is 14.8. The van der Waals surface area contributed by atoms with Gasteiger partial charge in [-0.2, -0.15) is 18.4 Å². The van der Waals surface area contributed by atoms with E-state index in [1.165, 1.54) is 12.1 Å². The van der Waals surface area contributed by atoms with Crippen molar-refractivity contribution >= 4 is 5.69 Å². The molecular weight excluding hydrogens is 272 g/mol. The summed E-state index contributed by atoms with van der Waals surface area (Å²) in [4.78, 5) is 0. The maximum absolute atomic E-state index is 13.4. The highest BCUT2D eigenvalue weighted by Gasteiger charge is 2.41. The molecule has 1 fully saturated rings. The van der Waals surface area contributed by atoms with Gasteiger partial charge >= 0.3 is 6.18 Å². The van der Waals surface area contributed by atoms with E-state index in [1.807, 2.05) is 0 Å². The summed E-state index contributed by atoms with van der Waals surface area (Å²) in [6.07, 6.45) is -3.27. The van der Waals surface area contributed by atoms with Gasteiger partial charge in [-0.1, -0.05) is 6.07 Å². The molecule has 2 nitrogen and oxygen atoms in total. The average Bonchev–Trinajstić information content (AvgIpc) is 2.38. The summed E-state index contributed by atoms with van der Waals surface area (Å²) in [5.41, 5.74) is 0.258. The zero-order valence-corrected chi connectivity index (χ0v) is 10.7. The van der Waals surface area contributed by atoms with Gasteiger partial charge in [0.25, 0.3) is 0 Å². The van der Waals surface area contributed by atoms with Crippen molar-refractivity contribution in [2.24, 2.45) is 5.92 Å². The number of nitriles is 1. The Labute approximate surface area is 114 Å². The molecule has 2 rings (SSSR count). The predicted octanol–water partition coefficient (Wildman–Crippen LogP) is 4.23. The van der Waals surface area contributed by atoms with E-state index in [9.17, 15) is 17.6 Å². The standard InChI is InChI=1S/C14H14F4N2/c15-12-2-1-3-13(11(12)8-19)20-10-6-4-9(5-7-10)14(16,17)18/h1-3,9-10,20H,4-7H2. The number of hydrogen-bond acceptors (Lipinski definition) is 2. The first-order chi connectivity index (χ1) is 9.41. The minimum atomic E-state index is -4.14. The van der Waals surface area contributed by atoms with Gasteiger partial charge in [-0.15, -0.1) is 0 Å². The molecule has 1 aliphatic rings. The van der Waals surface area contributed by atoms with Crippen LogP contribution in [0.1, 0.15) is 31.2 Å². The minimum Gasteiger partial charge on any atom is -0.381 e. The second kappa shape index (κ2) is 5.70. The highest BCUT2D eigenvalue weighted by Crippen LogP contribution is 2.38. The second-order valence-electron chi connectivity index (χ2n) is 5.01. The summed E-state index contributed by atoms with van der Waals surface area (Å²) in [5, 5.41) is 11.9. The van der Waals surface area contributed by atoms with Crippen molar-refractivity contribution in [2.75, 3.05) is 5.32 Å². The molecule has 0 atom stereocenters. The van der Waals surface area contributed by atoms with E-state index >= 15 is 0 Å². The molecule has 1 aromatic rings. The lowest BCUT2D eigenvalue weighted by Crippen LogP contribution is -2.33. The first-order valence-electron chi connectivity index (χ1n) is 6.43. The fraction of sp³-hybridized carbons (Fsp3) is 0.500. The molecule has 0 aliphatic heterocycles. The first-order valence-corrected chi connectivity index (χ1v) is 6.43. The van der Waals surface area contributed by atoms with Crippen LogP contribution in [0, 0.1) is 23.1 Å². The molecule has 20 heavy (non-hydrogen) atoms. The van der Waals surface area contributed by atoms with E-state index in [4.69, 9.17) is 5.26 Å². The Balaban J connectivity index is 2.00. The summed E-state index contributed by atoms with van der Waals surface area (Å²) < 4.78 is 51.1. The molecule has 1 N–H and O–H groups in total. The van der Waals surface area contributed by atoms with Gasteiger partial charge < -0.3 is 5.32 Å². The van der Waals surface area contributed by atoms with E-state index in [0.29, 0.717) is 18.5 Å². The maximum atomic E-state index is 13.4. The third kappa shape index (κ3) is 3.21. The van der Waals surface area contributed by atoms with Gasteiger partial charge in [0.1, 0.15) is 17.4 Å². The van der Waals surface area contributed by atoms with Crippen molar-refractivity contribution < 1.29 is 17.6 Å². The summed E-state index contributed by atoms with van der Waals surface area (Å²) in [7, 11) is 0. The van der Waals surface area contributed by atoms with Crippen molar-refractivity contribution in [2.45, 2.75) is 37.9 Å². The third-order valence-corrected chi connectivity index (χ3v) is 3.68. The van der Waals surface area contributed by atoms with Crippen molar-refractivity contribution in [3.63, 3.8) is 0 Å². The Kier molecular flexibility index (Phi) is 4.17. The summed E-state index contributed by atoms with van der Waals surface area (Å²) in [6.45, 7) is 0.